The van der Waals surface area contributed by atoms with Gasteiger partial charge in [0.1, 0.15) is 25.5 Å². The van der Waals surface area contributed by atoms with Crippen molar-refractivity contribution in [1.82, 2.24) is 9.55 Å². The number of aryl methyl sites for hydroxylation is 1. The molecule has 0 radical (unpaired) electrons. The van der Waals surface area contributed by atoms with E-state index in [2.05, 4.69) is 15.0 Å². The van der Waals surface area contributed by atoms with Gasteiger partial charge in [0.15, 0.2) is 0 Å². The van der Waals surface area contributed by atoms with Gasteiger partial charge in [-0.1, -0.05) is 5.11 Å². The van der Waals surface area contributed by atoms with Crippen molar-refractivity contribution >= 4 is 5.97 Å². The van der Waals surface area contributed by atoms with E-state index in [9.17, 15) is 14.4 Å². The third kappa shape index (κ3) is 6.97. The molecule has 3 unspecified atom stereocenters. The highest BCUT2D eigenvalue weighted by molar-refractivity contribution is 5.70. The van der Waals surface area contributed by atoms with Crippen molar-refractivity contribution in [3.05, 3.63) is 43.0 Å². The number of aromatic nitrogens is 2. The lowest BCUT2D eigenvalue weighted by molar-refractivity contribution is -0.154. The fourth-order valence-electron chi connectivity index (χ4n) is 2.76. The summed E-state index contributed by atoms with van der Waals surface area (Å²) in [6.07, 6.45) is 0.0437. The van der Waals surface area contributed by atoms with Gasteiger partial charge in [0.2, 0.25) is 0 Å². The molecule has 1 N–H and O–H groups in total. The zero-order valence-corrected chi connectivity index (χ0v) is 16.8. The van der Waals surface area contributed by atoms with Crippen LogP contribution in [0, 0.1) is 6.92 Å². The maximum absolute atomic E-state index is 12.1. The molecule has 30 heavy (non-hydrogen) atoms. The van der Waals surface area contributed by atoms with Crippen LogP contribution in [0.1, 0.15) is 18.2 Å². The summed E-state index contributed by atoms with van der Waals surface area (Å²) in [4.78, 5) is 40.4. The van der Waals surface area contributed by atoms with Gasteiger partial charge in [0.25, 0.3) is 5.56 Å². The summed E-state index contributed by atoms with van der Waals surface area (Å²) in [6.45, 7) is 2.55. The number of methoxy groups -OCH3 is 1. The second kappa shape index (κ2) is 12.1. The minimum atomic E-state index is -0.771. The van der Waals surface area contributed by atoms with Crippen molar-refractivity contribution in [1.29, 1.82) is 0 Å². The lowest BCUT2D eigenvalue weighted by Gasteiger charge is -2.17. The Morgan fingerprint density at radius 3 is 2.80 bits per heavy atom. The average molecular weight is 427 g/mol. The van der Waals surface area contributed by atoms with Crippen LogP contribution in [0.2, 0.25) is 0 Å². The van der Waals surface area contributed by atoms with Crippen LogP contribution in [0.4, 0.5) is 0 Å². The second-order valence-electron chi connectivity index (χ2n) is 6.46. The molecule has 13 heteroatoms. The Balaban J connectivity index is 1.84. The Bertz CT molecular complexity index is 862. The largest absolute Gasteiger partial charge is 0.461 e. The van der Waals surface area contributed by atoms with Gasteiger partial charge in [-0.25, -0.2) is 9.59 Å². The number of esters is 1. The molecular formula is C17H25N5O8. The molecule has 0 spiro atoms. The first-order valence-corrected chi connectivity index (χ1v) is 9.28. The van der Waals surface area contributed by atoms with Crippen LogP contribution in [0.3, 0.4) is 0 Å². The number of carbonyl (C=O) groups excluding carboxylic acids is 1. The van der Waals surface area contributed by atoms with E-state index in [1.807, 2.05) is 0 Å². The standard InChI is InChI=1S/C17H25N5O8/c1-11-8-22(17(25)19-16(11)24)14-7-12(20-21-18)13(30-14)9-29-15(23)10-28-6-5-27-4-3-26-2/h8,12-14H,3-7,9-10H2,1-2H3,(H,19,24,25). The molecule has 1 aromatic heterocycles. The summed E-state index contributed by atoms with van der Waals surface area (Å²) in [7, 11) is 1.57. The number of H-pyrrole nitrogens is 1. The van der Waals surface area contributed by atoms with E-state index in [0.29, 0.717) is 25.4 Å². The molecule has 1 saturated heterocycles. The fourth-order valence-corrected chi connectivity index (χ4v) is 2.76. The highest BCUT2D eigenvalue weighted by atomic mass is 16.6. The molecule has 13 nitrogen and oxygen atoms in total. The van der Waals surface area contributed by atoms with Gasteiger partial charge in [-0.15, -0.1) is 0 Å². The molecule has 0 bridgehead atoms. The number of nitrogens with zero attached hydrogens (tertiary/aromatic N) is 4. The van der Waals surface area contributed by atoms with E-state index in [0.717, 1.165) is 0 Å². The van der Waals surface area contributed by atoms with Crippen LogP contribution in [0.5, 0.6) is 0 Å². The van der Waals surface area contributed by atoms with Crippen molar-refractivity contribution in [3.63, 3.8) is 0 Å². The quantitative estimate of drug-likeness (QED) is 0.160. The van der Waals surface area contributed by atoms with E-state index in [4.69, 9.17) is 29.2 Å². The van der Waals surface area contributed by atoms with E-state index < -0.39 is 35.6 Å². The molecule has 1 aliphatic rings. The zero-order chi connectivity index (χ0) is 21.9. The summed E-state index contributed by atoms with van der Waals surface area (Å²) in [5, 5.41) is 3.66. The van der Waals surface area contributed by atoms with Crippen LogP contribution >= 0.6 is 0 Å². The van der Waals surface area contributed by atoms with Crippen molar-refractivity contribution in [2.45, 2.75) is 31.7 Å². The predicted octanol–water partition coefficient (Wildman–Crippen LogP) is 0.0342. The molecule has 2 rings (SSSR count). The number of azide groups is 1. The summed E-state index contributed by atoms with van der Waals surface area (Å²) in [6, 6.07) is -0.651. The lowest BCUT2D eigenvalue weighted by atomic mass is 10.1. The molecule has 2 heterocycles. The average Bonchev–Trinajstić information content (AvgIpc) is 3.11. The van der Waals surface area contributed by atoms with E-state index >= 15 is 0 Å². The molecule has 166 valence electrons. The first kappa shape index (κ1) is 23.6. The molecule has 0 amide bonds. The second-order valence-corrected chi connectivity index (χ2v) is 6.46. The van der Waals surface area contributed by atoms with E-state index in [1.165, 1.54) is 10.8 Å². The van der Waals surface area contributed by atoms with Gasteiger partial charge >= 0.3 is 11.7 Å². The number of hydrogen-bond acceptors (Lipinski definition) is 9. The first-order valence-electron chi connectivity index (χ1n) is 9.28. The van der Waals surface area contributed by atoms with Gasteiger partial charge in [0, 0.05) is 30.2 Å². The molecular weight excluding hydrogens is 402 g/mol. The van der Waals surface area contributed by atoms with Crippen LogP contribution in [-0.2, 0) is 28.5 Å². The minimum Gasteiger partial charge on any atom is -0.461 e. The zero-order valence-electron chi connectivity index (χ0n) is 16.8. The topological polar surface area (TPSA) is 167 Å². The third-order valence-corrected chi connectivity index (χ3v) is 4.29. The Morgan fingerprint density at radius 1 is 1.33 bits per heavy atom. The minimum absolute atomic E-state index is 0.177. The number of aromatic amines is 1. The van der Waals surface area contributed by atoms with Crippen molar-refractivity contribution in [2.24, 2.45) is 5.11 Å². The maximum Gasteiger partial charge on any atom is 0.332 e. The van der Waals surface area contributed by atoms with Gasteiger partial charge < -0.3 is 23.7 Å². The summed E-state index contributed by atoms with van der Waals surface area (Å²) >= 11 is 0. The number of rotatable bonds is 12. The Kier molecular flexibility index (Phi) is 9.51. The normalized spacial score (nSPS) is 20.7. The summed E-state index contributed by atoms with van der Waals surface area (Å²) in [5.41, 5.74) is 7.97. The monoisotopic (exact) mass is 427 g/mol. The van der Waals surface area contributed by atoms with Crippen molar-refractivity contribution in [2.75, 3.05) is 46.8 Å². The molecule has 3 atom stereocenters. The molecule has 1 fully saturated rings. The van der Waals surface area contributed by atoms with Gasteiger partial charge in [0.05, 0.1) is 32.5 Å². The molecule has 0 saturated carbocycles. The number of nitrogens with one attached hydrogen (secondary N) is 1. The lowest BCUT2D eigenvalue weighted by Crippen LogP contribution is -2.33. The summed E-state index contributed by atoms with van der Waals surface area (Å²) in [5.74, 6) is -0.615. The van der Waals surface area contributed by atoms with Crippen molar-refractivity contribution < 1.29 is 28.5 Å². The van der Waals surface area contributed by atoms with Crippen LogP contribution in [0.15, 0.2) is 20.9 Å². The smallest absolute Gasteiger partial charge is 0.332 e. The van der Waals surface area contributed by atoms with E-state index in [1.54, 1.807) is 14.0 Å². The summed E-state index contributed by atoms with van der Waals surface area (Å²) < 4.78 is 27.3. The Hall–Kier alpha value is -2.70. The number of carbonyl (C=O) groups is 1. The number of hydrogen-bond donors (Lipinski definition) is 1. The van der Waals surface area contributed by atoms with Gasteiger partial charge in [-0.2, -0.15) is 0 Å². The first-order chi connectivity index (χ1) is 14.5. The highest BCUT2D eigenvalue weighted by Crippen LogP contribution is 2.30. The Labute approximate surface area is 171 Å². The fraction of sp³-hybridized carbons (Fsp3) is 0.706. The molecule has 0 aliphatic carbocycles. The van der Waals surface area contributed by atoms with Crippen LogP contribution in [-0.4, -0.2) is 74.4 Å². The highest BCUT2D eigenvalue weighted by Gasteiger charge is 2.37. The van der Waals surface area contributed by atoms with Crippen LogP contribution in [0.25, 0.3) is 10.4 Å². The van der Waals surface area contributed by atoms with Crippen LogP contribution < -0.4 is 11.2 Å². The SMILES string of the molecule is COCCOCCOCC(=O)OCC1OC(n2cc(C)c(=O)[nH]c2=O)CC1N=[N+]=[N-]. The molecule has 1 aliphatic heterocycles. The molecule has 0 aromatic carbocycles. The van der Waals surface area contributed by atoms with E-state index in [-0.39, 0.29) is 26.2 Å². The Morgan fingerprint density at radius 2 is 2.07 bits per heavy atom. The van der Waals surface area contributed by atoms with Gasteiger partial charge in [-0.05, 0) is 12.5 Å². The maximum atomic E-state index is 12.1. The van der Waals surface area contributed by atoms with Crippen molar-refractivity contribution in [3.8, 4) is 0 Å². The molecule has 1 aromatic rings. The van der Waals surface area contributed by atoms with Gasteiger partial charge in [-0.3, -0.25) is 14.3 Å². The number of ether oxygens (including phenoxy) is 5. The third-order valence-electron chi connectivity index (χ3n) is 4.29. The predicted molar refractivity (Wildman–Crippen MR) is 102 cm³/mol.